The van der Waals surface area contributed by atoms with Crippen LogP contribution in [0.3, 0.4) is 0 Å². The van der Waals surface area contributed by atoms with Gasteiger partial charge in [-0.3, -0.25) is 0 Å². The molecule has 15 heavy (non-hydrogen) atoms. The van der Waals surface area contributed by atoms with Gasteiger partial charge in [0.15, 0.2) is 11.3 Å². The van der Waals surface area contributed by atoms with Crippen LogP contribution in [0.15, 0.2) is 35.7 Å². The quantitative estimate of drug-likeness (QED) is 0.595. The van der Waals surface area contributed by atoms with Crippen molar-refractivity contribution in [2.45, 2.75) is 0 Å². The number of rotatable bonds is 0. The zero-order valence-electron chi connectivity index (χ0n) is 8.06. The average molecular weight is 197 g/mol. The lowest BCUT2D eigenvalue weighted by atomic mass is 10.3. The number of hydrogen-bond acceptors (Lipinski definition) is 4. The molecular weight excluding hydrogens is 190 g/mol. The summed E-state index contributed by atoms with van der Waals surface area (Å²) in [5.41, 5.74) is 0.837. The van der Waals surface area contributed by atoms with Crippen molar-refractivity contribution in [2.75, 3.05) is 11.9 Å². The number of ether oxygens (including phenoxy) is 1. The van der Waals surface area contributed by atoms with Crippen molar-refractivity contribution in [1.29, 1.82) is 10.5 Å². The lowest BCUT2D eigenvalue weighted by Crippen LogP contribution is -2.15. The summed E-state index contributed by atoms with van der Waals surface area (Å²) in [5, 5.41) is 17.5. The lowest BCUT2D eigenvalue weighted by Gasteiger charge is -2.09. The topological polar surface area (TPSA) is 60.0 Å². The van der Waals surface area contributed by atoms with E-state index < -0.39 is 0 Å². The smallest absolute Gasteiger partial charge is 0.229 e. The highest BCUT2D eigenvalue weighted by Crippen LogP contribution is 2.38. The molecule has 0 radical (unpaired) electrons. The van der Waals surface area contributed by atoms with Crippen LogP contribution in [0.2, 0.25) is 0 Å². The van der Waals surface area contributed by atoms with Crippen molar-refractivity contribution in [2.24, 2.45) is 0 Å². The maximum atomic E-state index is 8.75. The van der Waals surface area contributed by atoms with Crippen LogP contribution in [0.1, 0.15) is 0 Å². The first-order valence-electron chi connectivity index (χ1n) is 4.33. The van der Waals surface area contributed by atoms with Gasteiger partial charge in [0, 0.05) is 7.05 Å². The van der Waals surface area contributed by atoms with Crippen molar-refractivity contribution < 1.29 is 4.74 Å². The lowest BCUT2D eigenvalue weighted by molar-refractivity contribution is 0.441. The molecule has 1 aromatic carbocycles. The van der Waals surface area contributed by atoms with Gasteiger partial charge < -0.3 is 9.64 Å². The molecule has 0 fully saturated rings. The Labute approximate surface area is 87.2 Å². The van der Waals surface area contributed by atoms with E-state index in [4.69, 9.17) is 15.3 Å². The first-order valence-corrected chi connectivity index (χ1v) is 4.33. The number of allylic oxidation sites excluding steroid dienone is 1. The Morgan fingerprint density at radius 2 is 1.93 bits per heavy atom. The Morgan fingerprint density at radius 1 is 1.27 bits per heavy atom. The molecule has 4 nitrogen and oxygen atoms in total. The molecule has 0 saturated heterocycles. The van der Waals surface area contributed by atoms with Gasteiger partial charge >= 0.3 is 0 Å². The molecule has 1 aliphatic rings. The van der Waals surface area contributed by atoms with Gasteiger partial charge in [0.05, 0.1) is 5.69 Å². The van der Waals surface area contributed by atoms with Gasteiger partial charge in [0.25, 0.3) is 0 Å². The number of anilines is 1. The van der Waals surface area contributed by atoms with E-state index in [2.05, 4.69) is 0 Å². The molecule has 1 heterocycles. The minimum Gasteiger partial charge on any atom is -0.436 e. The predicted molar refractivity (Wildman–Crippen MR) is 53.7 cm³/mol. The van der Waals surface area contributed by atoms with Gasteiger partial charge in [-0.05, 0) is 12.1 Å². The second kappa shape index (κ2) is 3.36. The largest absolute Gasteiger partial charge is 0.436 e. The third-order valence-electron chi connectivity index (χ3n) is 2.18. The fraction of sp³-hybridized carbons (Fsp3) is 0.0909. The van der Waals surface area contributed by atoms with E-state index in [1.807, 2.05) is 30.3 Å². The maximum Gasteiger partial charge on any atom is 0.229 e. The minimum atomic E-state index is -0.0197. The molecule has 0 N–H and O–H groups in total. The van der Waals surface area contributed by atoms with Crippen LogP contribution in [0, 0.1) is 22.7 Å². The van der Waals surface area contributed by atoms with Crippen LogP contribution in [0.4, 0.5) is 5.69 Å². The maximum absolute atomic E-state index is 8.75. The second-order valence-electron chi connectivity index (χ2n) is 3.03. The highest BCUT2D eigenvalue weighted by Gasteiger charge is 2.25. The van der Waals surface area contributed by atoms with E-state index in [-0.39, 0.29) is 5.57 Å². The molecule has 0 spiro atoms. The third-order valence-corrected chi connectivity index (χ3v) is 2.18. The summed E-state index contributed by atoms with van der Waals surface area (Å²) in [6.07, 6.45) is 0. The Bertz CT molecular complexity index is 503. The van der Waals surface area contributed by atoms with E-state index in [1.54, 1.807) is 18.0 Å². The first-order chi connectivity index (χ1) is 7.27. The van der Waals surface area contributed by atoms with Crippen molar-refractivity contribution in [3.05, 3.63) is 35.7 Å². The number of para-hydroxylation sites is 2. The number of hydrogen-bond donors (Lipinski definition) is 0. The Kier molecular flexibility index (Phi) is 2.04. The number of fused-ring (bicyclic) bond motifs is 1. The summed E-state index contributed by atoms with van der Waals surface area (Å²) in [6, 6.07) is 11.0. The van der Waals surface area contributed by atoms with E-state index in [0.717, 1.165) is 5.69 Å². The molecule has 1 aromatic rings. The van der Waals surface area contributed by atoms with Crippen molar-refractivity contribution in [3.63, 3.8) is 0 Å². The molecule has 0 bridgehead atoms. The van der Waals surface area contributed by atoms with Gasteiger partial charge in [0.1, 0.15) is 12.1 Å². The molecule has 0 atom stereocenters. The predicted octanol–water partition coefficient (Wildman–Crippen LogP) is 1.77. The molecule has 0 saturated carbocycles. The monoisotopic (exact) mass is 197 g/mol. The number of nitriles is 2. The summed E-state index contributed by atoms with van der Waals surface area (Å²) in [6.45, 7) is 0. The number of benzene rings is 1. The van der Waals surface area contributed by atoms with E-state index in [9.17, 15) is 0 Å². The van der Waals surface area contributed by atoms with Crippen molar-refractivity contribution in [1.82, 2.24) is 0 Å². The molecule has 4 heteroatoms. The fourth-order valence-corrected chi connectivity index (χ4v) is 1.44. The van der Waals surface area contributed by atoms with Crippen LogP contribution < -0.4 is 9.64 Å². The van der Waals surface area contributed by atoms with E-state index >= 15 is 0 Å². The first kappa shape index (κ1) is 9.11. The van der Waals surface area contributed by atoms with Gasteiger partial charge in [-0.25, -0.2) is 0 Å². The highest BCUT2D eigenvalue weighted by molar-refractivity contribution is 5.67. The van der Waals surface area contributed by atoms with Gasteiger partial charge in [-0.15, -0.1) is 0 Å². The SMILES string of the molecule is CN1C(=C(C#N)C#N)Oc2ccccc21. The molecular formula is C11H7N3O. The zero-order valence-corrected chi connectivity index (χ0v) is 8.06. The van der Waals surface area contributed by atoms with E-state index in [0.29, 0.717) is 11.6 Å². The molecule has 0 unspecified atom stereocenters. The summed E-state index contributed by atoms with van der Waals surface area (Å²) >= 11 is 0. The Morgan fingerprint density at radius 3 is 2.53 bits per heavy atom. The van der Waals surface area contributed by atoms with Gasteiger partial charge in [-0.1, -0.05) is 12.1 Å². The molecule has 0 aromatic heterocycles. The summed E-state index contributed by atoms with van der Waals surface area (Å²) in [4.78, 5) is 1.69. The van der Waals surface area contributed by atoms with Gasteiger partial charge in [0.2, 0.25) is 5.88 Å². The van der Waals surface area contributed by atoms with Crippen LogP contribution in [0.5, 0.6) is 5.75 Å². The van der Waals surface area contributed by atoms with E-state index in [1.165, 1.54) is 0 Å². The molecule has 2 rings (SSSR count). The third kappa shape index (κ3) is 1.29. The number of nitrogens with zero attached hydrogens (tertiary/aromatic N) is 3. The van der Waals surface area contributed by atoms with Crippen molar-refractivity contribution >= 4 is 5.69 Å². The van der Waals surface area contributed by atoms with Crippen LogP contribution in [0.25, 0.3) is 0 Å². The van der Waals surface area contributed by atoms with Crippen LogP contribution >= 0.6 is 0 Å². The Hall–Kier alpha value is -2.46. The highest BCUT2D eigenvalue weighted by atomic mass is 16.5. The standard InChI is InChI=1S/C11H7N3O/c1-14-9-4-2-3-5-10(9)15-11(14)8(6-12)7-13/h2-5H,1H3. The molecule has 72 valence electrons. The summed E-state index contributed by atoms with van der Waals surface area (Å²) < 4.78 is 5.42. The molecule has 0 aliphatic carbocycles. The molecule has 1 aliphatic heterocycles. The fourth-order valence-electron chi connectivity index (χ4n) is 1.44. The summed E-state index contributed by atoms with van der Waals surface area (Å²) in [7, 11) is 1.76. The normalized spacial score (nSPS) is 12.5. The second-order valence-corrected chi connectivity index (χ2v) is 3.03. The summed E-state index contributed by atoms with van der Waals surface area (Å²) in [5.74, 6) is 0.958. The zero-order chi connectivity index (χ0) is 10.8. The molecule has 0 amide bonds. The van der Waals surface area contributed by atoms with Crippen LogP contribution in [-0.2, 0) is 0 Å². The minimum absolute atomic E-state index is 0.0197. The Balaban J connectivity index is 2.54. The average Bonchev–Trinajstić information content (AvgIpc) is 2.60. The van der Waals surface area contributed by atoms with Crippen LogP contribution in [-0.4, -0.2) is 7.05 Å². The van der Waals surface area contributed by atoms with Gasteiger partial charge in [-0.2, -0.15) is 10.5 Å². The van der Waals surface area contributed by atoms with Crippen molar-refractivity contribution in [3.8, 4) is 17.9 Å².